The average Bonchev–Trinajstić information content (AvgIpc) is 2.60. The molecule has 0 spiro atoms. The summed E-state index contributed by atoms with van der Waals surface area (Å²) in [4.78, 5) is 12.4. The summed E-state index contributed by atoms with van der Waals surface area (Å²) in [6.07, 6.45) is 5.49. The highest BCUT2D eigenvalue weighted by molar-refractivity contribution is 5.91. The Morgan fingerprint density at radius 3 is 2.30 bits per heavy atom. The lowest BCUT2D eigenvalue weighted by molar-refractivity contribution is -0.124. The van der Waals surface area contributed by atoms with E-state index in [0.29, 0.717) is 5.56 Å². The standard InChI is InChI=1S/C19H15FN2O/c1-3-14-4-6-15(7-5-14)12-19(13-21,18(23)22-2)16-8-10-17(20)11-9-16/h1,4-11H,12H2,2H3,(H,22,23). The fourth-order valence-electron chi connectivity index (χ4n) is 2.44. The number of terminal acetylenes is 1. The third kappa shape index (κ3) is 3.22. The average molecular weight is 306 g/mol. The molecule has 0 aliphatic rings. The molecule has 2 rings (SSSR count). The minimum atomic E-state index is -1.43. The summed E-state index contributed by atoms with van der Waals surface area (Å²) in [6, 6.07) is 14.6. The zero-order chi connectivity index (χ0) is 16.9. The van der Waals surface area contributed by atoms with Gasteiger partial charge in [-0.25, -0.2) is 4.39 Å². The second kappa shape index (κ2) is 6.77. The van der Waals surface area contributed by atoms with Crippen molar-refractivity contribution in [2.24, 2.45) is 0 Å². The topological polar surface area (TPSA) is 52.9 Å². The van der Waals surface area contributed by atoms with Gasteiger partial charge in [-0.3, -0.25) is 4.79 Å². The van der Waals surface area contributed by atoms with Crippen LogP contribution >= 0.6 is 0 Å². The number of amides is 1. The van der Waals surface area contributed by atoms with E-state index in [2.05, 4.69) is 17.3 Å². The van der Waals surface area contributed by atoms with Crippen LogP contribution in [-0.2, 0) is 16.6 Å². The summed E-state index contributed by atoms with van der Waals surface area (Å²) in [5.41, 5.74) is 0.526. The molecule has 0 saturated carbocycles. The van der Waals surface area contributed by atoms with Crippen LogP contribution in [0.4, 0.5) is 4.39 Å². The van der Waals surface area contributed by atoms with Gasteiger partial charge < -0.3 is 5.32 Å². The molecule has 0 fully saturated rings. The number of nitrogens with one attached hydrogen (secondary N) is 1. The van der Waals surface area contributed by atoms with Crippen LogP contribution in [0.1, 0.15) is 16.7 Å². The highest BCUT2D eigenvalue weighted by atomic mass is 19.1. The molecule has 1 N–H and O–H groups in total. The van der Waals surface area contributed by atoms with Gasteiger partial charge in [-0.15, -0.1) is 6.42 Å². The fourth-order valence-corrected chi connectivity index (χ4v) is 2.44. The molecule has 114 valence electrons. The first-order valence-corrected chi connectivity index (χ1v) is 7.01. The molecule has 1 unspecified atom stereocenters. The molecule has 0 radical (unpaired) electrons. The Kier molecular flexibility index (Phi) is 4.79. The van der Waals surface area contributed by atoms with Gasteiger partial charge in [0.15, 0.2) is 5.41 Å². The van der Waals surface area contributed by atoms with Gasteiger partial charge in [-0.2, -0.15) is 5.26 Å². The first-order chi connectivity index (χ1) is 11.1. The van der Waals surface area contributed by atoms with Crippen molar-refractivity contribution in [3.63, 3.8) is 0 Å². The Morgan fingerprint density at radius 2 is 1.83 bits per heavy atom. The van der Waals surface area contributed by atoms with Crippen LogP contribution in [-0.4, -0.2) is 13.0 Å². The summed E-state index contributed by atoms with van der Waals surface area (Å²) in [5.74, 6) is 1.66. The number of nitrogens with zero attached hydrogens (tertiary/aromatic N) is 1. The summed E-state index contributed by atoms with van der Waals surface area (Å²) in [7, 11) is 1.47. The van der Waals surface area contributed by atoms with E-state index < -0.39 is 17.1 Å². The number of rotatable bonds is 4. The van der Waals surface area contributed by atoms with E-state index in [0.717, 1.165) is 11.1 Å². The van der Waals surface area contributed by atoms with Gasteiger partial charge in [0.25, 0.3) is 0 Å². The van der Waals surface area contributed by atoms with Gasteiger partial charge >= 0.3 is 0 Å². The Bertz CT molecular complexity index is 782. The van der Waals surface area contributed by atoms with Gasteiger partial charge in [0.2, 0.25) is 5.91 Å². The maximum atomic E-state index is 13.2. The second-order valence-electron chi connectivity index (χ2n) is 5.12. The van der Waals surface area contributed by atoms with E-state index in [4.69, 9.17) is 6.42 Å². The van der Waals surface area contributed by atoms with E-state index in [-0.39, 0.29) is 6.42 Å². The minimum Gasteiger partial charge on any atom is -0.357 e. The normalized spacial score (nSPS) is 12.5. The second-order valence-corrected chi connectivity index (χ2v) is 5.12. The molecule has 0 aromatic heterocycles. The van der Waals surface area contributed by atoms with Gasteiger partial charge in [-0.1, -0.05) is 30.2 Å². The quantitative estimate of drug-likeness (QED) is 0.883. The van der Waals surface area contributed by atoms with Gasteiger partial charge in [0.1, 0.15) is 5.82 Å². The van der Waals surface area contributed by atoms with Crippen molar-refractivity contribution in [2.45, 2.75) is 11.8 Å². The number of nitriles is 1. The van der Waals surface area contributed by atoms with Crippen LogP contribution in [0.15, 0.2) is 48.5 Å². The molecule has 23 heavy (non-hydrogen) atoms. The van der Waals surface area contributed by atoms with Crippen LogP contribution < -0.4 is 5.32 Å². The van der Waals surface area contributed by atoms with Crippen molar-refractivity contribution < 1.29 is 9.18 Å². The van der Waals surface area contributed by atoms with Gasteiger partial charge in [0, 0.05) is 19.0 Å². The minimum absolute atomic E-state index is 0.166. The molecule has 0 heterocycles. The Morgan fingerprint density at radius 1 is 1.22 bits per heavy atom. The molecule has 3 nitrogen and oxygen atoms in total. The highest BCUT2D eigenvalue weighted by Gasteiger charge is 2.40. The number of hydrogen-bond donors (Lipinski definition) is 1. The van der Waals surface area contributed by atoms with Crippen molar-refractivity contribution in [3.8, 4) is 18.4 Å². The van der Waals surface area contributed by atoms with E-state index in [1.807, 2.05) is 0 Å². The number of halogens is 1. The van der Waals surface area contributed by atoms with Crippen LogP contribution in [0.3, 0.4) is 0 Å². The van der Waals surface area contributed by atoms with Crippen LogP contribution in [0.25, 0.3) is 0 Å². The first kappa shape index (κ1) is 16.3. The molecule has 0 bridgehead atoms. The number of benzene rings is 2. The van der Waals surface area contributed by atoms with E-state index in [1.54, 1.807) is 24.3 Å². The number of carbonyl (C=O) groups is 1. The zero-order valence-corrected chi connectivity index (χ0v) is 12.6. The SMILES string of the molecule is C#Cc1ccc(CC(C#N)(C(=O)NC)c2ccc(F)cc2)cc1. The lowest BCUT2D eigenvalue weighted by Gasteiger charge is -2.25. The smallest absolute Gasteiger partial charge is 0.245 e. The molecule has 2 aromatic rings. The third-order valence-electron chi connectivity index (χ3n) is 3.73. The Balaban J connectivity index is 2.49. The molecule has 0 aliphatic carbocycles. The largest absolute Gasteiger partial charge is 0.357 e. The molecular formula is C19H15FN2O. The maximum absolute atomic E-state index is 13.2. The predicted molar refractivity (Wildman–Crippen MR) is 85.8 cm³/mol. The lowest BCUT2D eigenvalue weighted by Crippen LogP contribution is -2.43. The maximum Gasteiger partial charge on any atom is 0.245 e. The Labute approximate surface area is 134 Å². The van der Waals surface area contributed by atoms with Gasteiger partial charge in [0.05, 0.1) is 6.07 Å². The van der Waals surface area contributed by atoms with Crippen molar-refractivity contribution in [3.05, 3.63) is 71.0 Å². The van der Waals surface area contributed by atoms with Crippen molar-refractivity contribution in [1.29, 1.82) is 5.26 Å². The molecule has 2 aromatic carbocycles. The summed E-state index contributed by atoms with van der Waals surface area (Å²) < 4.78 is 13.2. The van der Waals surface area contributed by atoms with Crippen LogP contribution in [0.2, 0.25) is 0 Å². The highest BCUT2D eigenvalue weighted by Crippen LogP contribution is 2.29. The van der Waals surface area contributed by atoms with E-state index in [1.165, 1.54) is 31.3 Å². The van der Waals surface area contributed by atoms with Gasteiger partial charge in [-0.05, 0) is 35.4 Å². The lowest BCUT2D eigenvalue weighted by atomic mass is 9.76. The van der Waals surface area contributed by atoms with E-state index in [9.17, 15) is 14.4 Å². The van der Waals surface area contributed by atoms with Crippen molar-refractivity contribution in [2.75, 3.05) is 7.05 Å². The van der Waals surface area contributed by atoms with Crippen molar-refractivity contribution in [1.82, 2.24) is 5.32 Å². The molecule has 1 amide bonds. The Hall–Kier alpha value is -3.11. The van der Waals surface area contributed by atoms with Crippen LogP contribution in [0, 0.1) is 29.5 Å². The predicted octanol–water partition coefficient (Wildman–Crippen LogP) is 2.56. The summed E-state index contributed by atoms with van der Waals surface area (Å²) in [5, 5.41) is 12.3. The number of carbonyl (C=O) groups excluding carboxylic acids is 1. The molecule has 1 atom stereocenters. The fraction of sp³-hybridized carbons (Fsp3) is 0.158. The van der Waals surface area contributed by atoms with Crippen molar-refractivity contribution >= 4 is 5.91 Å². The third-order valence-corrected chi connectivity index (χ3v) is 3.73. The zero-order valence-electron chi connectivity index (χ0n) is 12.6. The van der Waals surface area contributed by atoms with E-state index >= 15 is 0 Å². The summed E-state index contributed by atoms with van der Waals surface area (Å²) >= 11 is 0. The first-order valence-electron chi connectivity index (χ1n) is 7.01. The number of hydrogen-bond acceptors (Lipinski definition) is 2. The molecule has 4 heteroatoms. The monoisotopic (exact) mass is 306 g/mol. The molecule has 0 saturated heterocycles. The molecular weight excluding hydrogens is 291 g/mol. The summed E-state index contributed by atoms with van der Waals surface area (Å²) in [6.45, 7) is 0. The molecule has 0 aliphatic heterocycles. The van der Waals surface area contributed by atoms with Crippen LogP contribution in [0.5, 0.6) is 0 Å². The number of likely N-dealkylation sites (N-methyl/N-ethyl adjacent to an activating group) is 1.